The number of piperazine rings is 1. The monoisotopic (exact) mass is 387 g/mol. The molecule has 1 saturated heterocycles. The normalized spacial score (nSPS) is 19.5. The molecule has 3 heterocycles. The third-order valence-corrected chi connectivity index (χ3v) is 5.99. The molecule has 4 rings (SSSR count). The van der Waals surface area contributed by atoms with E-state index in [9.17, 15) is 5.21 Å². The van der Waals surface area contributed by atoms with Crippen LogP contribution in [0.15, 0.2) is 18.2 Å². The van der Waals surface area contributed by atoms with E-state index in [1.54, 1.807) is 7.05 Å². The Labute approximate surface area is 165 Å². The van der Waals surface area contributed by atoms with Crippen LogP contribution in [0, 0.1) is 12.1 Å². The third-order valence-electron chi connectivity index (χ3n) is 5.59. The molecule has 0 bridgehead atoms. The maximum Gasteiger partial charge on any atom is 0.226 e. The molecular formula is C20H26ClN5O. The van der Waals surface area contributed by atoms with Crippen molar-refractivity contribution in [3.63, 3.8) is 0 Å². The lowest BCUT2D eigenvalue weighted by Crippen LogP contribution is -2.54. The summed E-state index contributed by atoms with van der Waals surface area (Å²) in [4.78, 5) is 12.0. The number of aromatic nitrogens is 2. The summed E-state index contributed by atoms with van der Waals surface area (Å²) >= 11 is 6.40. The van der Waals surface area contributed by atoms with Crippen LogP contribution in [0.2, 0.25) is 5.02 Å². The second-order valence-corrected chi connectivity index (χ2v) is 8.15. The molecule has 144 valence electrons. The number of nitrogens with zero attached hydrogens (tertiary/aromatic N) is 4. The Morgan fingerprint density at radius 2 is 1.89 bits per heavy atom. The van der Waals surface area contributed by atoms with Gasteiger partial charge in [0, 0.05) is 29.1 Å². The fourth-order valence-electron chi connectivity index (χ4n) is 3.74. The number of rotatable bonds is 2. The largest absolute Gasteiger partial charge is 0.633 e. The van der Waals surface area contributed by atoms with E-state index < -0.39 is 0 Å². The molecule has 1 N–H and O–H groups in total. The van der Waals surface area contributed by atoms with E-state index in [1.165, 1.54) is 5.56 Å². The first kappa shape index (κ1) is 18.6. The minimum absolute atomic E-state index is 0.189. The Balaban J connectivity index is 1.77. The van der Waals surface area contributed by atoms with Gasteiger partial charge in [0.25, 0.3) is 0 Å². The minimum atomic E-state index is -0.189. The summed E-state index contributed by atoms with van der Waals surface area (Å²) in [6.45, 7) is 6.36. The molecule has 0 amide bonds. The van der Waals surface area contributed by atoms with Crippen molar-refractivity contribution >= 4 is 17.5 Å². The lowest BCUT2D eigenvalue weighted by atomic mass is 10.00. The van der Waals surface area contributed by atoms with Crippen LogP contribution in [0.3, 0.4) is 0 Å². The third kappa shape index (κ3) is 3.94. The van der Waals surface area contributed by atoms with Crippen molar-refractivity contribution in [2.45, 2.75) is 19.8 Å². The van der Waals surface area contributed by atoms with Gasteiger partial charge in [-0.15, -0.1) is 0 Å². The maximum atomic E-state index is 12.2. The predicted octanol–water partition coefficient (Wildman–Crippen LogP) is 2.56. The topological polar surface area (TPSA) is 64.1 Å². The number of anilines is 1. The van der Waals surface area contributed by atoms with Gasteiger partial charge in [-0.2, -0.15) is 0 Å². The number of halogens is 1. The second-order valence-electron chi connectivity index (χ2n) is 7.74. The summed E-state index contributed by atoms with van der Waals surface area (Å²) < 4.78 is -0.189. The van der Waals surface area contributed by atoms with Gasteiger partial charge in [-0.25, -0.2) is 9.97 Å². The lowest BCUT2D eigenvalue weighted by molar-refractivity contribution is -0.861. The van der Waals surface area contributed by atoms with E-state index in [4.69, 9.17) is 21.6 Å². The number of quaternary nitrogens is 1. The molecule has 27 heavy (non-hydrogen) atoms. The average Bonchev–Trinajstić information content (AvgIpc) is 2.88. The summed E-state index contributed by atoms with van der Waals surface area (Å²) in [5.74, 6) is 0.738. The van der Waals surface area contributed by atoms with Gasteiger partial charge in [-0.1, -0.05) is 23.7 Å². The number of likely N-dealkylation sites (N-methyl/N-ethyl adjacent to an activating group) is 1. The van der Waals surface area contributed by atoms with Crippen LogP contribution in [0.4, 0.5) is 5.95 Å². The van der Waals surface area contributed by atoms with E-state index in [2.05, 4.69) is 16.3 Å². The van der Waals surface area contributed by atoms with Crippen LogP contribution in [0.5, 0.6) is 0 Å². The zero-order valence-electron chi connectivity index (χ0n) is 16.0. The molecule has 7 heteroatoms. The van der Waals surface area contributed by atoms with Crippen molar-refractivity contribution in [3.05, 3.63) is 45.2 Å². The van der Waals surface area contributed by atoms with E-state index in [0.29, 0.717) is 26.2 Å². The number of nitrogens with one attached hydrogen (secondary N) is 1. The summed E-state index contributed by atoms with van der Waals surface area (Å²) in [5.41, 5.74) is 5.40. The Bertz CT molecular complexity index is 845. The molecule has 0 aliphatic carbocycles. The molecule has 0 saturated carbocycles. The molecule has 0 radical (unpaired) electrons. The minimum Gasteiger partial charge on any atom is -0.633 e. The quantitative estimate of drug-likeness (QED) is 0.633. The van der Waals surface area contributed by atoms with Gasteiger partial charge >= 0.3 is 0 Å². The molecule has 1 fully saturated rings. The van der Waals surface area contributed by atoms with Crippen LogP contribution in [-0.4, -0.2) is 60.9 Å². The molecule has 0 spiro atoms. The van der Waals surface area contributed by atoms with Crippen LogP contribution in [0.1, 0.15) is 16.8 Å². The van der Waals surface area contributed by atoms with Gasteiger partial charge in [0.1, 0.15) is 0 Å². The Hall–Kier alpha value is -1.73. The fourth-order valence-corrected chi connectivity index (χ4v) is 3.92. The number of aryl methyl sites for hydroxylation is 1. The zero-order valence-corrected chi connectivity index (χ0v) is 16.7. The molecule has 0 unspecified atom stereocenters. The smallest absolute Gasteiger partial charge is 0.226 e. The van der Waals surface area contributed by atoms with Crippen molar-refractivity contribution < 1.29 is 4.65 Å². The van der Waals surface area contributed by atoms with Crippen LogP contribution < -0.4 is 10.2 Å². The van der Waals surface area contributed by atoms with Crippen molar-refractivity contribution in [1.29, 1.82) is 0 Å². The average molecular weight is 388 g/mol. The molecule has 2 aliphatic heterocycles. The standard InChI is InChI=1S/C20H26ClN5O/c1-14-3-4-15(13-17(14)21)19-16-5-7-22-8-6-18(16)23-20(24-19)25-9-11-26(2,27)12-10-25/h3-4,13,22H,5-12H2,1-2H3. The summed E-state index contributed by atoms with van der Waals surface area (Å²) in [7, 11) is 1.74. The van der Waals surface area contributed by atoms with E-state index in [0.717, 1.165) is 59.4 Å². The molecule has 1 aromatic heterocycles. The molecule has 2 aliphatic rings. The van der Waals surface area contributed by atoms with Gasteiger partial charge in [0.15, 0.2) is 0 Å². The highest BCUT2D eigenvalue weighted by Crippen LogP contribution is 2.31. The van der Waals surface area contributed by atoms with Crippen LogP contribution >= 0.6 is 11.6 Å². The van der Waals surface area contributed by atoms with Crippen molar-refractivity contribution in [2.24, 2.45) is 0 Å². The second kappa shape index (κ2) is 7.36. The first-order chi connectivity index (χ1) is 12.9. The van der Waals surface area contributed by atoms with Gasteiger partial charge < -0.3 is 20.1 Å². The van der Waals surface area contributed by atoms with Crippen LogP contribution in [-0.2, 0) is 12.8 Å². The highest BCUT2D eigenvalue weighted by molar-refractivity contribution is 6.31. The number of hydrogen-bond acceptors (Lipinski definition) is 5. The predicted molar refractivity (Wildman–Crippen MR) is 109 cm³/mol. The summed E-state index contributed by atoms with van der Waals surface area (Å²) in [6, 6.07) is 6.14. The summed E-state index contributed by atoms with van der Waals surface area (Å²) in [6.07, 6.45) is 1.80. The van der Waals surface area contributed by atoms with E-state index in [1.807, 2.05) is 19.1 Å². The van der Waals surface area contributed by atoms with E-state index >= 15 is 0 Å². The number of benzene rings is 1. The lowest BCUT2D eigenvalue weighted by Gasteiger charge is -2.45. The van der Waals surface area contributed by atoms with Gasteiger partial charge in [0.2, 0.25) is 5.95 Å². The molecule has 6 nitrogen and oxygen atoms in total. The highest BCUT2D eigenvalue weighted by Gasteiger charge is 2.26. The zero-order chi connectivity index (χ0) is 19.0. The van der Waals surface area contributed by atoms with Gasteiger partial charge in [-0.3, -0.25) is 0 Å². The molecule has 1 aromatic carbocycles. The van der Waals surface area contributed by atoms with Crippen molar-refractivity contribution in [1.82, 2.24) is 15.3 Å². The summed E-state index contributed by atoms with van der Waals surface area (Å²) in [5, 5.41) is 16.4. The molecule has 0 atom stereocenters. The Morgan fingerprint density at radius 3 is 2.63 bits per heavy atom. The maximum absolute atomic E-state index is 12.2. The van der Waals surface area contributed by atoms with Crippen LogP contribution in [0.25, 0.3) is 11.3 Å². The molecular weight excluding hydrogens is 362 g/mol. The SMILES string of the molecule is Cc1ccc(-c2nc(N3CC[N+](C)([O-])CC3)nc3c2CCNCC3)cc1Cl. The fraction of sp³-hybridized carbons (Fsp3) is 0.500. The van der Waals surface area contributed by atoms with Gasteiger partial charge in [0.05, 0.1) is 44.6 Å². The Morgan fingerprint density at radius 1 is 1.15 bits per heavy atom. The molecule has 2 aromatic rings. The Kier molecular flexibility index (Phi) is 5.07. The number of fused-ring (bicyclic) bond motifs is 1. The van der Waals surface area contributed by atoms with E-state index in [-0.39, 0.29) is 4.65 Å². The first-order valence-electron chi connectivity index (χ1n) is 9.60. The number of hydrogen-bond donors (Lipinski definition) is 1. The highest BCUT2D eigenvalue weighted by atomic mass is 35.5. The first-order valence-corrected chi connectivity index (χ1v) is 9.98. The van der Waals surface area contributed by atoms with Crippen molar-refractivity contribution in [2.75, 3.05) is 51.2 Å². The number of hydroxylamine groups is 3. The van der Waals surface area contributed by atoms with Crippen molar-refractivity contribution in [3.8, 4) is 11.3 Å². The van der Waals surface area contributed by atoms with Gasteiger partial charge in [-0.05, 0) is 31.5 Å².